The van der Waals surface area contributed by atoms with Crippen molar-refractivity contribution in [2.24, 2.45) is 0 Å². The first-order valence-corrected chi connectivity index (χ1v) is 31.8. The van der Waals surface area contributed by atoms with Gasteiger partial charge in [0.15, 0.2) is 0 Å². The predicted molar refractivity (Wildman–Crippen MR) is 179 cm³/mol. The van der Waals surface area contributed by atoms with Gasteiger partial charge in [-0.25, -0.2) is 0 Å². The van der Waals surface area contributed by atoms with Gasteiger partial charge in [-0.3, -0.25) is 0 Å². The Balaban J connectivity index is 1.65. The van der Waals surface area contributed by atoms with Crippen LogP contribution in [0.25, 0.3) is 23.3 Å². The van der Waals surface area contributed by atoms with E-state index >= 15 is 0 Å². The van der Waals surface area contributed by atoms with Crippen molar-refractivity contribution >= 4 is 35.1 Å². The zero-order chi connectivity index (χ0) is 28.5. The van der Waals surface area contributed by atoms with Crippen LogP contribution in [-0.4, -0.2) is 5.92 Å². The van der Waals surface area contributed by atoms with E-state index in [9.17, 15) is 0 Å². The summed E-state index contributed by atoms with van der Waals surface area (Å²) in [4.78, 5) is 0. The van der Waals surface area contributed by atoms with Crippen LogP contribution in [0.1, 0.15) is 100 Å². The topological polar surface area (TPSA) is 0 Å². The van der Waals surface area contributed by atoms with Crippen molar-refractivity contribution in [1.29, 1.82) is 0 Å². The summed E-state index contributed by atoms with van der Waals surface area (Å²) in [7, 11) is 16.7. The van der Waals surface area contributed by atoms with Gasteiger partial charge in [0.05, 0.1) is 0 Å². The Bertz CT molecular complexity index is 1420. The van der Waals surface area contributed by atoms with Gasteiger partial charge in [-0.1, -0.05) is 0 Å². The number of hydrogen-bond donors (Lipinski definition) is 0. The van der Waals surface area contributed by atoms with Crippen molar-refractivity contribution in [3.05, 3.63) is 106 Å². The first-order valence-electron chi connectivity index (χ1n) is 15.5. The number of fused-ring (bicyclic) bond motifs is 2. The first kappa shape index (κ1) is 30.3. The fraction of sp³-hybridized carbons (Fsp3) is 0.389. The van der Waals surface area contributed by atoms with E-state index in [4.69, 9.17) is 17.0 Å². The Morgan fingerprint density at radius 1 is 0.850 bits per heavy atom. The average Bonchev–Trinajstić information content (AvgIpc) is 3.58. The number of allylic oxidation sites excluding steroid dienone is 2. The van der Waals surface area contributed by atoms with Gasteiger partial charge in [0.2, 0.25) is 0 Å². The molecule has 3 aromatic carbocycles. The molecule has 3 atom stereocenters. The van der Waals surface area contributed by atoms with Gasteiger partial charge in [-0.05, 0) is 0 Å². The van der Waals surface area contributed by atoms with E-state index < -0.39 is 21.5 Å². The summed E-state index contributed by atoms with van der Waals surface area (Å²) in [6.07, 6.45) is 14.4. The Labute approximate surface area is 251 Å². The van der Waals surface area contributed by atoms with Crippen LogP contribution in [0.15, 0.2) is 78.4 Å². The van der Waals surface area contributed by atoms with Crippen LogP contribution in [0, 0.1) is 0 Å². The van der Waals surface area contributed by atoms with Gasteiger partial charge in [-0.2, -0.15) is 0 Å². The molecule has 0 fully saturated rings. The van der Waals surface area contributed by atoms with Gasteiger partial charge in [0, 0.05) is 0 Å². The fourth-order valence-corrected chi connectivity index (χ4v) is 36.6. The summed E-state index contributed by atoms with van der Waals surface area (Å²) < 4.78 is 0.342. The van der Waals surface area contributed by atoms with Crippen molar-refractivity contribution < 1.29 is 15.6 Å². The summed E-state index contributed by atoms with van der Waals surface area (Å²) in [5, 5.41) is 0. The molecule has 5 rings (SSSR count). The molecule has 40 heavy (non-hydrogen) atoms. The summed E-state index contributed by atoms with van der Waals surface area (Å²) in [5.41, 5.74) is 10.9. The molecule has 0 aliphatic heterocycles. The maximum absolute atomic E-state index is 8.35. The second-order valence-electron chi connectivity index (χ2n) is 12.5. The normalized spacial score (nSPS) is 19.7. The van der Waals surface area contributed by atoms with Crippen LogP contribution in [-0.2, 0) is 15.6 Å². The zero-order valence-corrected chi connectivity index (χ0v) is 30.0. The molecule has 0 bridgehead atoms. The molecule has 0 saturated heterocycles. The molecule has 0 heterocycles. The first-order chi connectivity index (χ1) is 19.2. The summed E-state index contributed by atoms with van der Waals surface area (Å²) in [6.45, 7) is 11.7. The van der Waals surface area contributed by atoms with Crippen LogP contribution in [0.5, 0.6) is 0 Å². The van der Waals surface area contributed by atoms with E-state index in [-0.39, 0.29) is 7.25 Å². The Morgan fingerprint density at radius 3 is 2.27 bits per heavy atom. The fourth-order valence-electron chi connectivity index (χ4n) is 7.17. The average molecular weight is 668 g/mol. The van der Waals surface area contributed by atoms with Gasteiger partial charge in [-0.15, -0.1) is 0 Å². The maximum atomic E-state index is 8.35. The SMILES string of the molecule is CCCCCCC1=Cc2c(-c3ccc(C(C)CC)cc3)cccc2[CH]1[Zr]([Cl])([Cl])([CH]1C=Cc2ccccc21)[SiH](C)C. The minimum atomic E-state index is -4.55. The van der Waals surface area contributed by atoms with Gasteiger partial charge in [0.1, 0.15) is 0 Å². The molecular formula is C36H45Cl2SiZr. The monoisotopic (exact) mass is 665 g/mol. The molecule has 0 amide bonds. The van der Waals surface area contributed by atoms with Gasteiger partial charge in [0.25, 0.3) is 0 Å². The van der Waals surface area contributed by atoms with Gasteiger partial charge >= 0.3 is 254 Å². The van der Waals surface area contributed by atoms with E-state index in [2.05, 4.69) is 119 Å². The van der Waals surface area contributed by atoms with Crippen LogP contribution in [0.2, 0.25) is 13.1 Å². The van der Waals surface area contributed by atoms with E-state index in [0.717, 1.165) is 12.8 Å². The minimum absolute atomic E-state index is 0.168. The molecule has 0 nitrogen and oxygen atoms in total. The number of rotatable bonds is 11. The van der Waals surface area contributed by atoms with E-state index in [1.807, 2.05) is 0 Å². The van der Waals surface area contributed by atoms with E-state index in [1.165, 1.54) is 70.2 Å². The van der Waals surface area contributed by atoms with Crippen LogP contribution in [0.3, 0.4) is 0 Å². The van der Waals surface area contributed by atoms with E-state index in [0.29, 0.717) is 5.92 Å². The van der Waals surface area contributed by atoms with Crippen molar-refractivity contribution in [3.8, 4) is 11.1 Å². The summed E-state index contributed by atoms with van der Waals surface area (Å²) in [6, 6.07) is 25.0. The molecule has 4 heteroatoms. The summed E-state index contributed by atoms with van der Waals surface area (Å²) in [5.74, 6) is -0.909. The van der Waals surface area contributed by atoms with Crippen LogP contribution >= 0.6 is 17.0 Å². The Hall–Kier alpha value is -1.18. The molecule has 0 radical (unpaired) electrons. The Morgan fingerprint density at radius 2 is 1.57 bits per heavy atom. The second-order valence-corrected chi connectivity index (χ2v) is 55.2. The van der Waals surface area contributed by atoms with Crippen LogP contribution < -0.4 is 0 Å². The predicted octanol–water partition coefficient (Wildman–Crippen LogP) is 12.0. The molecule has 0 saturated carbocycles. The molecular weight excluding hydrogens is 623 g/mol. The molecule has 211 valence electrons. The second kappa shape index (κ2) is 12.2. The zero-order valence-electron chi connectivity index (χ0n) is 24.9. The number of unbranched alkanes of at least 4 members (excludes halogenated alkanes) is 3. The van der Waals surface area contributed by atoms with Crippen molar-refractivity contribution in [1.82, 2.24) is 0 Å². The van der Waals surface area contributed by atoms with Crippen LogP contribution in [0.4, 0.5) is 0 Å². The standard InChI is InChI=1S/C25H31.C9H7.C2H7Si.2ClH.Zr/c1-4-6-7-8-10-20-17-23-11-9-12-24(25(23)18-20)22-15-13-21(14-16-22)19(3)5-2;1-2-5-9-7-3-6-8(9)4-1;1-3-2;;;/h9,11-19H,4-8,10H2,1-3H3;1-7H;3H,1-2H3;2*1H;/q;;;;;+2/p-2. The number of halogens is 2. The molecule has 2 aliphatic rings. The van der Waals surface area contributed by atoms with Crippen molar-refractivity contribution in [2.75, 3.05) is 0 Å². The number of benzene rings is 3. The molecule has 2 aliphatic carbocycles. The molecule has 3 aromatic rings. The molecule has 0 spiro atoms. The third kappa shape index (κ3) is 5.25. The third-order valence-electron chi connectivity index (χ3n) is 9.92. The summed E-state index contributed by atoms with van der Waals surface area (Å²) >= 11 is -4.55. The molecule has 0 N–H and O–H groups in total. The third-order valence-corrected chi connectivity index (χ3v) is 61.9. The Kier molecular flexibility index (Phi) is 9.24. The number of hydrogen-bond acceptors (Lipinski definition) is 0. The van der Waals surface area contributed by atoms with Crippen molar-refractivity contribution in [3.63, 3.8) is 0 Å². The molecule has 0 aromatic heterocycles. The van der Waals surface area contributed by atoms with Crippen molar-refractivity contribution in [2.45, 2.75) is 85.6 Å². The van der Waals surface area contributed by atoms with E-state index in [1.54, 1.807) is 0 Å². The van der Waals surface area contributed by atoms with Gasteiger partial charge < -0.3 is 0 Å². The molecule has 3 unspecified atom stereocenters. The quantitative estimate of drug-likeness (QED) is 0.141.